The zero-order valence-corrected chi connectivity index (χ0v) is 20.5. The van der Waals surface area contributed by atoms with Crippen molar-refractivity contribution in [2.45, 2.75) is 19.3 Å². The second kappa shape index (κ2) is 11.4. The van der Waals surface area contributed by atoms with Crippen molar-refractivity contribution < 1.29 is 10.2 Å². The van der Waals surface area contributed by atoms with Gasteiger partial charge in [0.2, 0.25) is 0 Å². The highest BCUT2D eigenvalue weighted by molar-refractivity contribution is 6.09. The molecule has 4 nitrogen and oxygen atoms in total. The summed E-state index contributed by atoms with van der Waals surface area (Å²) in [5.41, 5.74) is 4.07. The van der Waals surface area contributed by atoms with Crippen molar-refractivity contribution in [3.63, 3.8) is 0 Å². The van der Waals surface area contributed by atoms with E-state index in [1.807, 2.05) is 85.5 Å². The summed E-state index contributed by atoms with van der Waals surface area (Å²) >= 11 is 0. The molecular weight excluding hydrogens is 456 g/mol. The number of fused-ring (bicyclic) bond motifs is 2. The summed E-state index contributed by atoms with van der Waals surface area (Å²) in [6.45, 7) is 0. The number of phenols is 2. The molecule has 0 aliphatic heterocycles. The summed E-state index contributed by atoms with van der Waals surface area (Å²) in [6, 6.07) is 31.2. The second-order valence-electron chi connectivity index (χ2n) is 8.93. The molecule has 0 saturated heterocycles. The van der Waals surface area contributed by atoms with E-state index in [-0.39, 0.29) is 11.5 Å². The average molecular weight is 485 g/mol. The highest BCUT2D eigenvalue weighted by Crippen LogP contribution is 2.44. The van der Waals surface area contributed by atoms with Crippen molar-refractivity contribution >= 4 is 21.5 Å². The highest BCUT2D eigenvalue weighted by Gasteiger charge is 2.16. The lowest BCUT2D eigenvalue weighted by Crippen LogP contribution is -1.90. The van der Waals surface area contributed by atoms with Gasteiger partial charge in [-0.2, -0.15) is 0 Å². The Bertz CT molecular complexity index is 1490. The molecule has 182 valence electrons. The van der Waals surface area contributed by atoms with Crippen LogP contribution >= 0.6 is 0 Å². The maximum atomic E-state index is 10.4. The van der Waals surface area contributed by atoms with Gasteiger partial charge in [0.15, 0.2) is 0 Å². The van der Waals surface area contributed by atoms with Crippen LogP contribution in [0.1, 0.15) is 17.5 Å². The smallest absolute Gasteiger partial charge is 0.124 e. The Hall–Kier alpha value is -4.70. The molecule has 4 aromatic carbocycles. The predicted molar refractivity (Wildman–Crippen MR) is 151 cm³/mol. The molecule has 0 aliphatic carbocycles. The molecule has 37 heavy (non-hydrogen) atoms. The Labute approximate surface area is 216 Å². The normalized spacial score (nSPS) is 10.7. The average Bonchev–Trinajstić information content (AvgIpc) is 2.95. The topological polar surface area (TPSA) is 66.2 Å². The fourth-order valence-corrected chi connectivity index (χ4v) is 4.64. The Morgan fingerprint density at radius 3 is 1.30 bits per heavy atom. The van der Waals surface area contributed by atoms with Crippen LogP contribution in [0.3, 0.4) is 0 Å². The van der Waals surface area contributed by atoms with E-state index in [9.17, 15) is 10.2 Å². The molecule has 0 bridgehead atoms. The van der Waals surface area contributed by atoms with Crippen molar-refractivity contribution in [3.8, 4) is 22.6 Å². The lowest BCUT2D eigenvalue weighted by molar-refractivity contribution is 0.470. The highest BCUT2D eigenvalue weighted by atomic mass is 16.3. The minimum absolute atomic E-state index is 0.172. The van der Waals surface area contributed by atoms with Crippen LogP contribution in [0.4, 0.5) is 0 Å². The summed E-state index contributed by atoms with van der Waals surface area (Å²) in [7, 11) is 0. The van der Waals surface area contributed by atoms with Gasteiger partial charge < -0.3 is 10.2 Å². The van der Waals surface area contributed by atoms with Crippen LogP contribution in [0.5, 0.6) is 11.5 Å². The van der Waals surface area contributed by atoms with Crippen LogP contribution in [0.25, 0.3) is 32.7 Å². The largest absolute Gasteiger partial charge is 0.507 e. The summed E-state index contributed by atoms with van der Waals surface area (Å²) in [4.78, 5) is 8.01. The van der Waals surface area contributed by atoms with E-state index in [1.54, 1.807) is 12.1 Å². The third-order valence-corrected chi connectivity index (χ3v) is 6.49. The SMILES string of the molecule is Oc1ccc2ccccc2c1-c1c(O)ccc2ccccc12.c1cc(CCCc2ccncc2)ccn1. The number of aromatic nitrogens is 2. The fraction of sp³-hybridized carbons (Fsp3) is 0.0909. The fourth-order valence-electron chi connectivity index (χ4n) is 4.64. The molecule has 0 radical (unpaired) electrons. The van der Waals surface area contributed by atoms with Gasteiger partial charge in [-0.1, -0.05) is 60.7 Å². The summed E-state index contributed by atoms with van der Waals surface area (Å²) in [5, 5.41) is 24.8. The molecule has 0 unspecified atom stereocenters. The van der Waals surface area contributed by atoms with E-state index >= 15 is 0 Å². The van der Waals surface area contributed by atoms with Crippen molar-refractivity contribution in [2.75, 3.05) is 0 Å². The number of aromatic hydroxyl groups is 2. The molecule has 2 N–H and O–H groups in total. The number of benzene rings is 4. The molecule has 6 rings (SSSR count). The Morgan fingerprint density at radius 2 is 0.865 bits per heavy atom. The molecular formula is C33H28N2O2. The van der Waals surface area contributed by atoms with Crippen molar-refractivity contribution in [2.24, 2.45) is 0 Å². The van der Waals surface area contributed by atoms with Crippen molar-refractivity contribution in [3.05, 3.63) is 133 Å². The molecule has 0 saturated carbocycles. The minimum atomic E-state index is 0.172. The van der Waals surface area contributed by atoms with E-state index in [0.717, 1.165) is 34.4 Å². The van der Waals surface area contributed by atoms with Crippen LogP contribution in [-0.4, -0.2) is 20.2 Å². The molecule has 2 aromatic heterocycles. The van der Waals surface area contributed by atoms with Gasteiger partial charge >= 0.3 is 0 Å². The van der Waals surface area contributed by atoms with Gasteiger partial charge in [0.05, 0.1) is 0 Å². The van der Waals surface area contributed by atoms with Crippen LogP contribution in [0.15, 0.2) is 122 Å². The first-order chi connectivity index (χ1) is 18.2. The number of hydrogen-bond acceptors (Lipinski definition) is 4. The lowest BCUT2D eigenvalue weighted by atomic mass is 9.92. The molecule has 0 amide bonds. The third kappa shape index (κ3) is 5.60. The van der Waals surface area contributed by atoms with Crippen LogP contribution in [0, 0.1) is 0 Å². The van der Waals surface area contributed by atoms with Gasteiger partial charge in [-0.15, -0.1) is 0 Å². The number of phenolic OH excluding ortho intramolecular Hbond substituents is 2. The van der Waals surface area contributed by atoms with E-state index in [2.05, 4.69) is 34.2 Å². The molecule has 0 aliphatic rings. The van der Waals surface area contributed by atoms with Crippen molar-refractivity contribution in [1.82, 2.24) is 9.97 Å². The first kappa shape index (κ1) is 24.0. The summed E-state index contributed by atoms with van der Waals surface area (Å²) < 4.78 is 0. The first-order valence-electron chi connectivity index (χ1n) is 12.4. The number of pyridine rings is 2. The predicted octanol–water partition coefficient (Wildman–Crippen LogP) is 7.72. The molecule has 2 heterocycles. The zero-order chi connectivity index (χ0) is 25.5. The lowest BCUT2D eigenvalue weighted by Gasteiger charge is -2.14. The number of nitrogens with zero attached hydrogens (tertiary/aromatic N) is 2. The van der Waals surface area contributed by atoms with Crippen LogP contribution in [0.2, 0.25) is 0 Å². The maximum Gasteiger partial charge on any atom is 0.124 e. The minimum Gasteiger partial charge on any atom is -0.507 e. The van der Waals surface area contributed by atoms with Gasteiger partial charge in [-0.05, 0) is 88.3 Å². The number of rotatable bonds is 5. The Balaban J connectivity index is 0.000000164. The number of aryl methyl sites for hydroxylation is 2. The van der Waals surface area contributed by atoms with Gasteiger partial charge in [0.25, 0.3) is 0 Å². The monoisotopic (exact) mass is 484 g/mol. The first-order valence-corrected chi connectivity index (χ1v) is 12.4. The molecule has 0 atom stereocenters. The van der Waals surface area contributed by atoms with Gasteiger partial charge in [0, 0.05) is 35.9 Å². The van der Waals surface area contributed by atoms with Crippen molar-refractivity contribution in [1.29, 1.82) is 0 Å². The second-order valence-corrected chi connectivity index (χ2v) is 8.93. The van der Waals surface area contributed by atoms with E-state index < -0.39 is 0 Å². The van der Waals surface area contributed by atoms with Gasteiger partial charge in [-0.25, -0.2) is 0 Å². The summed E-state index contributed by atoms with van der Waals surface area (Å²) in [5.74, 6) is 0.343. The van der Waals surface area contributed by atoms with Crippen LogP contribution in [-0.2, 0) is 12.8 Å². The Kier molecular flexibility index (Phi) is 7.37. The Morgan fingerprint density at radius 1 is 0.459 bits per heavy atom. The van der Waals surface area contributed by atoms with E-state index in [0.29, 0.717) is 11.1 Å². The maximum absolute atomic E-state index is 10.4. The van der Waals surface area contributed by atoms with Gasteiger partial charge in [0.1, 0.15) is 11.5 Å². The molecule has 0 spiro atoms. The molecule has 6 aromatic rings. The van der Waals surface area contributed by atoms with Gasteiger partial charge in [-0.3, -0.25) is 9.97 Å². The third-order valence-electron chi connectivity index (χ3n) is 6.49. The summed E-state index contributed by atoms with van der Waals surface area (Å²) in [6.07, 6.45) is 10.8. The number of hydrogen-bond donors (Lipinski definition) is 2. The standard InChI is InChI=1S/C20H14O2.C13H14N2/c21-17-11-9-13-5-1-3-7-15(13)19(17)20-16-8-4-2-6-14(16)10-12-18(20)22;1(2-12-4-8-14-9-5-12)3-13-6-10-15-11-7-13/h1-12,21-22H;4-11H,1-3H2. The van der Waals surface area contributed by atoms with E-state index in [1.165, 1.54) is 17.5 Å². The molecule has 0 fully saturated rings. The molecule has 4 heteroatoms. The van der Waals surface area contributed by atoms with E-state index in [4.69, 9.17) is 0 Å². The quantitative estimate of drug-likeness (QED) is 0.263. The van der Waals surface area contributed by atoms with Crippen LogP contribution < -0.4 is 0 Å². The zero-order valence-electron chi connectivity index (χ0n) is 20.5.